The number of nitrogen functional groups attached to an aromatic ring is 1. The number of aromatic nitrogens is 1. The van der Waals surface area contributed by atoms with Crippen molar-refractivity contribution in [3.8, 4) is 0 Å². The molecule has 0 saturated carbocycles. The standard InChI is InChI=1S/C14H20N2O2S/c1-4-19(17,18)9-11-8-12-13(15)6-5-7-14(12)16(11)10(2)3/h5-8,10H,4,9,15H2,1-3H3. The Hall–Kier alpha value is -1.49. The maximum atomic E-state index is 11.9. The first kappa shape index (κ1) is 13.9. The average molecular weight is 280 g/mol. The van der Waals surface area contributed by atoms with Crippen molar-refractivity contribution in [3.63, 3.8) is 0 Å². The lowest BCUT2D eigenvalue weighted by Crippen LogP contribution is -2.12. The van der Waals surface area contributed by atoms with Crippen LogP contribution in [0.5, 0.6) is 0 Å². The number of anilines is 1. The number of rotatable bonds is 4. The van der Waals surface area contributed by atoms with Gasteiger partial charge in [0.1, 0.15) is 0 Å². The lowest BCUT2D eigenvalue weighted by atomic mass is 10.2. The smallest absolute Gasteiger partial charge is 0.155 e. The van der Waals surface area contributed by atoms with E-state index in [-0.39, 0.29) is 17.5 Å². The van der Waals surface area contributed by atoms with Crippen LogP contribution >= 0.6 is 0 Å². The van der Waals surface area contributed by atoms with E-state index in [1.54, 1.807) is 6.92 Å². The van der Waals surface area contributed by atoms with E-state index in [1.807, 2.05) is 38.1 Å². The Morgan fingerprint density at radius 2 is 2.00 bits per heavy atom. The van der Waals surface area contributed by atoms with Gasteiger partial charge in [-0.15, -0.1) is 0 Å². The molecule has 0 aliphatic rings. The van der Waals surface area contributed by atoms with Gasteiger partial charge in [-0.3, -0.25) is 0 Å². The van der Waals surface area contributed by atoms with Gasteiger partial charge in [-0.25, -0.2) is 8.42 Å². The Morgan fingerprint density at radius 1 is 1.32 bits per heavy atom. The van der Waals surface area contributed by atoms with Gasteiger partial charge in [0.25, 0.3) is 0 Å². The summed E-state index contributed by atoms with van der Waals surface area (Å²) >= 11 is 0. The Labute approximate surface area is 114 Å². The first-order valence-corrected chi connectivity index (χ1v) is 8.26. The summed E-state index contributed by atoms with van der Waals surface area (Å²) in [5.41, 5.74) is 8.47. The highest BCUT2D eigenvalue weighted by molar-refractivity contribution is 7.90. The van der Waals surface area contributed by atoms with Crippen molar-refractivity contribution in [3.05, 3.63) is 30.0 Å². The largest absolute Gasteiger partial charge is 0.398 e. The molecule has 2 aromatic rings. The monoisotopic (exact) mass is 280 g/mol. The van der Waals surface area contributed by atoms with Crippen LogP contribution in [0.3, 0.4) is 0 Å². The molecule has 0 unspecified atom stereocenters. The van der Waals surface area contributed by atoms with Crippen molar-refractivity contribution in [1.29, 1.82) is 0 Å². The number of benzene rings is 1. The molecule has 2 rings (SSSR count). The zero-order valence-electron chi connectivity index (χ0n) is 11.6. The minimum Gasteiger partial charge on any atom is -0.398 e. The first-order valence-electron chi connectivity index (χ1n) is 6.44. The van der Waals surface area contributed by atoms with Crippen molar-refractivity contribution in [2.75, 3.05) is 11.5 Å². The molecule has 0 saturated heterocycles. The lowest BCUT2D eigenvalue weighted by Gasteiger charge is -2.14. The van der Waals surface area contributed by atoms with Crippen molar-refractivity contribution < 1.29 is 8.42 Å². The molecule has 0 bridgehead atoms. The minimum absolute atomic E-state index is 0.0653. The Balaban J connectivity index is 2.67. The van der Waals surface area contributed by atoms with Crippen LogP contribution < -0.4 is 5.73 Å². The molecule has 0 radical (unpaired) electrons. The van der Waals surface area contributed by atoms with Gasteiger partial charge in [-0.05, 0) is 32.0 Å². The molecular formula is C14H20N2O2S. The third-order valence-electron chi connectivity index (χ3n) is 3.32. The maximum Gasteiger partial charge on any atom is 0.155 e. The SMILES string of the molecule is CCS(=O)(=O)Cc1cc2c(N)cccc2n1C(C)C. The molecular weight excluding hydrogens is 260 g/mol. The van der Waals surface area contributed by atoms with E-state index in [0.29, 0.717) is 5.69 Å². The van der Waals surface area contributed by atoms with Gasteiger partial charge in [-0.2, -0.15) is 0 Å². The molecule has 0 amide bonds. The van der Waals surface area contributed by atoms with Crippen LogP contribution in [-0.2, 0) is 15.6 Å². The maximum absolute atomic E-state index is 11.9. The molecule has 19 heavy (non-hydrogen) atoms. The minimum atomic E-state index is -3.05. The normalized spacial score (nSPS) is 12.4. The molecule has 2 N–H and O–H groups in total. The van der Waals surface area contributed by atoms with Crippen LogP contribution in [-0.4, -0.2) is 18.7 Å². The Morgan fingerprint density at radius 3 is 2.58 bits per heavy atom. The van der Waals surface area contributed by atoms with Crippen molar-refractivity contribution >= 4 is 26.4 Å². The van der Waals surface area contributed by atoms with Gasteiger partial charge < -0.3 is 10.3 Å². The van der Waals surface area contributed by atoms with E-state index in [2.05, 4.69) is 4.57 Å². The molecule has 1 aromatic heterocycles. The summed E-state index contributed by atoms with van der Waals surface area (Å²) < 4.78 is 25.8. The molecule has 0 spiro atoms. The molecule has 104 valence electrons. The third-order valence-corrected chi connectivity index (χ3v) is 4.94. The van der Waals surface area contributed by atoms with Crippen LogP contribution in [0.4, 0.5) is 5.69 Å². The van der Waals surface area contributed by atoms with Crippen LogP contribution in [0.25, 0.3) is 10.9 Å². The molecule has 0 aliphatic heterocycles. The van der Waals surface area contributed by atoms with E-state index in [0.717, 1.165) is 16.6 Å². The molecule has 0 aliphatic carbocycles. The predicted molar refractivity (Wildman–Crippen MR) is 79.9 cm³/mol. The Bertz CT molecular complexity index is 700. The van der Waals surface area contributed by atoms with Crippen LogP contribution in [0.15, 0.2) is 24.3 Å². The highest BCUT2D eigenvalue weighted by atomic mass is 32.2. The molecule has 4 nitrogen and oxygen atoms in total. The van der Waals surface area contributed by atoms with Crippen LogP contribution in [0, 0.1) is 0 Å². The molecule has 5 heteroatoms. The van der Waals surface area contributed by atoms with E-state index >= 15 is 0 Å². The van der Waals surface area contributed by atoms with Gasteiger partial charge in [0.15, 0.2) is 9.84 Å². The summed E-state index contributed by atoms with van der Waals surface area (Å²) in [6, 6.07) is 7.81. The highest BCUT2D eigenvalue weighted by Gasteiger charge is 2.17. The summed E-state index contributed by atoms with van der Waals surface area (Å²) in [7, 11) is -3.05. The number of fused-ring (bicyclic) bond motifs is 1. The lowest BCUT2D eigenvalue weighted by molar-refractivity contribution is 0.582. The molecule has 0 fully saturated rings. The predicted octanol–water partition coefficient (Wildman–Crippen LogP) is 2.74. The summed E-state index contributed by atoms with van der Waals surface area (Å²) in [4.78, 5) is 0. The first-order chi connectivity index (χ1) is 8.85. The number of nitrogens with two attached hydrogens (primary N) is 1. The topological polar surface area (TPSA) is 65.1 Å². The second kappa shape index (κ2) is 4.89. The fraction of sp³-hybridized carbons (Fsp3) is 0.429. The van der Waals surface area contributed by atoms with Gasteiger partial charge in [0, 0.05) is 28.6 Å². The number of hydrogen-bond donors (Lipinski definition) is 1. The van der Waals surface area contributed by atoms with E-state index in [4.69, 9.17) is 5.73 Å². The van der Waals surface area contributed by atoms with Crippen LogP contribution in [0.2, 0.25) is 0 Å². The zero-order chi connectivity index (χ0) is 14.2. The fourth-order valence-corrected chi connectivity index (χ4v) is 3.25. The van der Waals surface area contributed by atoms with Gasteiger partial charge >= 0.3 is 0 Å². The quantitative estimate of drug-likeness (QED) is 0.876. The van der Waals surface area contributed by atoms with Crippen molar-refractivity contribution in [2.24, 2.45) is 0 Å². The highest BCUT2D eigenvalue weighted by Crippen LogP contribution is 2.29. The zero-order valence-corrected chi connectivity index (χ0v) is 12.4. The Kier molecular flexibility index (Phi) is 3.58. The fourth-order valence-electron chi connectivity index (χ4n) is 2.38. The third kappa shape index (κ3) is 2.61. The summed E-state index contributed by atoms with van der Waals surface area (Å²) in [6.07, 6.45) is 0. The van der Waals surface area contributed by atoms with Gasteiger partial charge in [0.2, 0.25) is 0 Å². The second-order valence-electron chi connectivity index (χ2n) is 5.06. The van der Waals surface area contributed by atoms with E-state index in [9.17, 15) is 8.42 Å². The van der Waals surface area contributed by atoms with Crippen molar-refractivity contribution in [1.82, 2.24) is 4.57 Å². The number of nitrogens with zero attached hydrogens (tertiary/aromatic N) is 1. The van der Waals surface area contributed by atoms with E-state index < -0.39 is 9.84 Å². The van der Waals surface area contributed by atoms with Crippen LogP contribution in [0.1, 0.15) is 32.5 Å². The number of sulfone groups is 1. The van der Waals surface area contributed by atoms with Crippen molar-refractivity contribution in [2.45, 2.75) is 32.6 Å². The average Bonchev–Trinajstić information content (AvgIpc) is 2.68. The molecule has 1 aromatic carbocycles. The number of hydrogen-bond acceptors (Lipinski definition) is 3. The summed E-state index contributed by atoms with van der Waals surface area (Å²) in [5.74, 6) is 0.220. The molecule has 0 atom stereocenters. The van der Waals surface area contributed by atoms with Gasteiger partial charge in [0.05, 0.1) is 11.3 Å². The summed E-state index contributed by atoms with van der Waals surface area (Å²) in [5, 5.41) is 0.928. The summed E-state index contributed by atoms with van der Waals surface area (Å²) in [6.45, 7) is 5.77. The molecule has 1 heterocycles. The second-order valence-corrected chi connectivity index (χ2v) is 7.41. The van der Waals surface area contributed by atoms with E-state index in [1.165, 1.54) is 0 Å². The van der Waals surface area contributed by atoms with Gasteiger partial charge in [-0.1, -0.05) is 13.0 Å².